The Kier molecular flexibility index (Phi) is 4.40. The van der Waals surface area contributed by atoms with E-state index in [-0.39, 0.29) is 24.1 Å². The van der Waals surface area contributed by atoms with Crippen molar-refractivity contribution in [3.8, 4) is 0 Å². The molecule has 4 heteroatoms. The smallest absolute Gasteiger partial charge is 0.237 e. The van der Waals surface area contributed by atoms with E-state index >= 15 is 0 Å². The van der Waals surface area contributed by atoms with Gasteiger partial charge in [-0.15, -0.1) is 0 Å². The zero-order chi connectivity index (χ0) is 12.3. The number of amides is 1. The molecule has 3 N–H and O–H groups in total. The van der Waals surface area contributed by atoms with Crippen LogP contribution in [0.3, 0.4) is 0 Å². The summed E-state index contributed by atoms with van der Waals surface area (Å²) in [5.41, 5.74) is 0. The van der Waals surface area contributed by atoms with E-state index in [2.05, 4.69) is 17.6 Å². The molecule has 1 saturated carbocycles. The molecule has 4 nitrogen and oxygen atoms in total. The highest BCUT2D eigenvalue weighted by Gasteiger charge is 2.29. The fourth-order valence-electron chi connectivity index (χ4n) is 2.89. The average Bonchev–Trinajstić information content (AvgIpc) is 2.35. The zero-order valence-corrected chi connectivity index (χ0v) is 10.6. The summed E-state index contributed by atoms with van der Waals surface area (Å²) in [4.78, 5) is 12.0. The third-order valence-corrected chi connectivity index (χ3v) is 4.10. The number of carbonyl (C=O) groups excluding carboxylic acids is 1. The summed E-state index contributed by atoms with van der Waals surface area (Å²) in [5, 5.41) is 16.0. The minimum Gasteiger partial charge on any atom is -0.393 e. The van der Waals surface area contributed by atoms with Crippen molar-refractivity contribution < 1.29 is 9.90 Å². The van der Waals surface area contributed by atoms with Gasteiger partial charge in [-0.25, -0.2) is 0 Å². The van der Waals surface area contributed by atoms with Crippen LogP contribution in [0.5, 0.6) is 0 Å². The number of aliphatic hydroxyl groups excluding tert-OH is 1. The SMILES string of the molecule is C[C@@H]1C[C@H](NC(=O)[C@H]2CCCCN2)CC[C@H]1O. The van der Waals surface area contributed by atoms with Gasteiger partial charge in [0.2, 0.25) is 5.91 Å². The van der Waals surface area contributed by atoms with Crippen molar-refractivity contribution in [3.63, 3.8) is 0 Å². The highest BCUT2D eigenvalue weighted by atomic mass is 16.3. The first kappa shape index (κ1) is 12.8. The molecule has 0 aromatic carbocycles. The Morgan fingerprint density at radius 3 is 2.76 bits per heavy atom. The third-order valence-electron chi connectivity index (χ3n) is 4.10. The molecule has 1 amide bonds. The van der Waals surface area contributed by atoms with Crippen LogP contribution in [-0.2, 0) is 4.79 Å². The van der Waals surface area contributed by atoms with Crippen LogP contribution in [0.1, 0.15) is 45.4 Å². The predicted octanol–water partition coefficient (Wildman–Crippen LogP) is 0.794. The quantitative estimate of drug-likeness (QED) is 0.669. The van der Waals surface area contributed by atoms with Crippen LogP contribution in [0, 0.1) is 5.92 Å². The Balaban J connectivity index is 1.78. The van der Waals surface area contributed by atoms with Gasteiger partial charge in [-0.3, -0.25) is 4.79 Å². The monoisotopic (exact) mass is 240 g/mol. The molecule has 0 radical (unpaired) electrons. The van der Waals surface area contributed by atoms with Crippen molar-refractivity contribution in [2.45, 2.75) is 63.6 Å². The van der Waals surface area contributed by atoms with Crippen LogP contribution in [0.4, 0.5) is 0 Å². The zero-order valence-electron chi connectivity index (χ0n) is 10.6. The second-order valence-corrected chi connectivity index (χ2v) is 5.57. The molecular formula is C13H24N2O2. The predicted molar refractivity (Wildman–Crippen MR) is 66.6 cm³/mol. The highest BCUT2D eigenvalue weighted by molar-refractivity contribution is 5.82. The van der Waals surface area contributed by atoms with Crippen LogP contribution < -0.4 is 10.6 Å². The fourth-order valence-corrected chi connectivity index (χ4v) is 2.89. The van der Waals surface area contributed by atoms with Crippen LogP contribution in [-0.4, -0.2) is 35.7 Å². The van der Waals surface area contributed by atoms with E-state index in [4.69, 9.17) is 0 Å². The molecule has 0 aromatic rings. The van der Waals surface area contributed by atoms with E-state index in [1.54, 1.807) is 0 Å². The number of hydrogen-bond donors (Lipinski definition) is 3. The molecule has 98 valence electrons. The highest BCUT2D eigenvalue weighted by Crippen LogP contribution is 2.24. The first-order chi connectivity index (χ1) is 8.16. The molecule has 2 rings (SSSR count). The fraction of sp³-hybridized carbons (Fsp3) is 0.923. The van der Waals surface area contributed by atoms with Gasteiger partial charge in [0.1, 0.15) is 0 Å². The van der Waals surface area contributed by atoms with Crippen molar-refractivity contribution in [1.82, 2.24) is 10.6 Å². The van der Waals surface area contributed by atoms with E-state index in [1.165, 1.54) is 6.42 Å². The summed E-state index contributed by atoms with van der Waals surface area (Å²) in [5.74, 6) is 0.451. The summed E-state index contributed by atoms with van der Waals surface area (Å²) in [6.45, 7) is 3.01. The largest absolute Gasteiger partial charge is 0.393 e. The van der Waals surface area contributed by atoms with Crippen molar-refractivity contribution in [2.75, 3.05) is 6.54 Å². The van der Waals surface area contributed by atoms with Gasteiger partial charge in [-0.05, 0) is 44.6 Å². The molecule has 0 bridgehead atoms. The number of hydrogen-bond acceptors (Lipinski definition) is 3. The summed E-state index contributed by atoms with van der Waals surface area (Å²) < 4.78 is 0. The molecule has 2 aliphatic rings. The maximum Gasteiger partial charge on any atom is 0.237 e. The third kappa shape index (κ3) is 3.42. The van der Waals surface area contributed by atoms with Crippen molar-refractivity contribution in [3.05, 3.63) is 0 Å². The van der Waals surface area contributed by atoms with Gasteiger partial charge in [0.25, 0.3) is 0 Å². The second kappa shape index (κ2) is 5.83. The Bertz CT molecular complexity index is 264. The number of aliphatic hydroxyl groups is 1. The molecule has 2 fully saturated rings. The van der Waals surface area contributed by atoms with Gasteiger partial charge in [0.05, 0.1) is 12.1 Å². The van der Waals surface area contributed by atoms with Crippen LogP contribution in [0.2, 0.25) is 0 Å². The standard InChI is InChI=1S/C13H24N2O2/c1-9-8-10(5-6-12(9)16)15-13(17)11-4-2-3-7-14-11/h9-12,14,16H,2-8H2,1H3,(H,15,17)/t9-,10-,11-,12-/m1/s1. The Hall–Kier alpha value is -0.610. The summed E-state index contributed by atoms with van der Waals surface area (Å²) in [7, 11) is 0. The lowest BCUT2D eigenvalue weighted by Gasteiger charge is -2.33. The van der Waals surface area contributed by atoms with Gasteiger partial charge in [0.15, 0.2) is 0 Å². The first-order valence-electron chi connectivity index (χ1n) is 6.88. The van der Waals surface area contributed by atoms with Crippen LogP contribution >= 0.6 is 0 Å². The maximum absolute atomic E-state index is 12.0. The molecule has 1 aliphatic carbocycles. The Morgan fingerprint density at radius 1 is 1.29 bits per heavy atom. The number of carbonyl (C=O) groups is 1. The minimum atomic E-state index is -0.184. The molecule has 0 unspecified atom stereocenters. The van der Waals surface area contributed by atoms with E-state index in [0.717, 1.165) is 38.6 Å². The second-order valence-electron chi connectivity index (χ2n) is 5.57. The lowest BCUT2D eigenvalue weighted by Crippen LogP contribution is -2.51. The van der Waals surface area contributed by atoms with Crippen LogP contribution in [0.25, 0.3) is 0 Å². The first-order valence-corrected chi connectivity index (χ1v) is 6.88. The molecule has 17 heavy (non-hydrogen) atoms. The maximum atomic E-state index is 12.0. The Morgan fingerprint density at radius 2 is 2.12 bits per heavy atom. The van der Waals surface area contributed by atoms with Crippen molar-refractivity contribution in [2.24, 2.45) is 5.92 Å². The number of rotatable bonds is 2. The molecular weight excluding hydrogens is 216 g/mol. The average molecular weight is 240 g/mol. The molecule has 0 aromatic heterocycles. The molecule has 1 heterocycles. The van der Waals surface area contributed by atoms with Gasteiger partial charge >= 0.3 is 0 Å². The van der Waals surface area contributed by atoms with Gasteiger partial charge in [-0.1, -0.05) is 13.3 Å². The van der Waals surface area contributed by atoms with E-state index in [9.17, 15) is 9.90 Å². The number of nitrogens with one attached hydrogen (secondary N) is 2. The molecule has 1 saturated heterocycles. The van der Waals surface area contributed by atoms with Gasteiger partial charge < -0.3 is 15.7 Å². The Labute approximate surface area is 103 Å². The van der Waals surface area contributed by atoms with Crippen molar-refractivity contribution >= 4 is 5.91 Å². The molecule has 4 atom stereocenters. The summed E-state index contributed by atoms with van der Waals surface area (Å²) in [6, 6.07) is 0.260. The van der Waals surface area contributed by atoms with E-state index in [0.29, 0.717) is 5.92 Å². The van der Waals surface area contributed by atoms with Crippen LogP contribution in [0.15, 0.2) is 0 Å². The lowest BCUT2D eigenvalue weighted by molar-refractivity contribution is -0.125. The van der Waals surface area contributed by atoms with Crippen molar-refractivity contribution in [1.29, 1.82) is 0 Å². The molecule has 1 aliphatic heterocycles. The summed E-state index contributed by atoms with van der Waals surface area (Å²) >= 11 is 0. The normalized spacial score (nSPS) is 38.7. The lowest BCUT2D eigenvalue weighted by atomic mass is 9.84. The van der Waals surface area contributed by atoms with E-state index < -0.39 is 0 Å². The number of piperidine rings is 1. The topological polar surface area (TPSA) is 61.4 Å². The molecule has 0 spiro atoms. The van der Waals surface area contributed by atoms with Gasteiger partial charge in [0, 0.05) is 6.04 Å². The van der Waals surface area contributed by atoms with E-state index in [1.807, 2.05) is 0 Å². The summed E-state index contributed by atoms with van der Waals surface area (Å²) in [6.07, 6.45) is 5.71. The minimum absolute atomic E-state index is 0.00547. The van der Waals surface area contributed by atoms with Gasteiger partial charge in [-0.2, -0.15) is 0 Å².